The van der Waals surface area contributed by atoms with Gasteiger partial charge in [-0.3, -0.25) is 0 Å². The fourth-order valence-electron chi connectivity index (χ4n) is 1.58. The van der Waals surface area contributed by atoms with Gasteiger partial charge in [-0.25, -0.2) is 9.59 Å². The van der Waals surface area contributed by atoms with E-state index in [0.717, 1.165) is 25.7 Å². The molecule has 0 aromatic carbocycles. The minimum atomic E-state index is -1.25. The van der Waals surface area contributed by atoms with Crippen molar-refractivity contribution in [2.75, 3.05) is 13.2 Å². The highest BCUT2D eigenvalue weighted by atomic mass is 16.4. The Labute approximate surface area is 108 Å². The Bertz CT molecular complexity index is 258. The number of aliphatic carboxylic acids is 1. The molecule has 0 saturated carbocycles. The van der Waals surface area contributed by atoms with Crippen LogP contribution >= 0.6 is 0 Å². The van der Waals surface area contributed by atoms with Crippen LogP contribution in [0, 0.1) is 5.92 Å². The van der Waals surface area contributed by atoms with Crippen molar-refractivity contribution < 1.29 is 19.8 Å². The second-order valence-corrected chi connectivity index (χ2v) is 4.34. The number of nitrogens with one attached hydrogen (secondary N) is 2. The van der Waals surface area contributed by atoms with Crippen molar-refractivity contribution >= 4 is 12.0 Å². The molecule has 0 aliphatic carbocycles. The molecule has 6 heteroatoms. The number of aliphatic hydroxyl groups excluding tert-OH is 1. The number of carboxylic acids is 1. The average molecular weight is 260 g/mol. The van der Waals surface area contributed by atoms with Crippen molar-refractivity contribution in [3.63, 3.8) is 0 Å². The monoisotopic (exact) mass is 260 g/mol. The lowest BCUT2D eigenvalue weighted by atomic mass is 9.99. The van der Waals surface area contributed by atoms with Gasteiger partial charge in [-0.1, -0.05) is 33.1 Å². The Morgan fingerprint density at radius 1 is 1.28 bits per heavy atom. The zero-order valence-corrected chi connectivity index (χ0v) is 11.1. The van der Waals surface area contributed by atoms with Crippen LogP contribution in [0.25, 0.3) is 0 Å². The molecular formula is C12H24N2O4. The van der Waals surface area contributed by atoms with E-state index in [-0.39, 0.29) is 0 Å². The Morgan fingerprint density at radius 2 is 1.94 bits per heavy atom. The van der Waals surface area contributed by atoms with Gasteiger partial charge in [0, 0.05) is 6.54 Å². The second-order valence-electron chi connectivity index (χ2n) is 4.34. The van der Waals surface area contributed by atoms with Gasteiger partial charge in [-0.15, -0.1) is 0 Å². The van der Waals surface area contributed by atoms with Gasteiger partial charge in [0.1, 0.15) is 0 Å². The number of carboxylic acid groups (broad SMARTS) is 1. The number of carbonyl (C=O) groups is 2. The molecule has 106 valence electrons. The molecular weight excluding hydrogens is 236 g/mol. The van der Waals surface area contributed by atoms with E-state index in [2.05, 4.69) is 24.5 Å². The van der Waals surface area contributed by atoms with Crippen LogP contribution in [0.3, 0.4) is 0 Å². The molecule has 0 saturated heterocycles. The van der Waals surface area contributed by atoms with Gasteiger partial charge in [0.25, 0.3) is 0 Å². The molecule has 1 unspecified atom stereocenters. The average Bonchev–Trinajstić information content (AvgIpc) is 2.35. The first-order chi connectivity index (χ1) is 8.54. The van der Waals surface area contributed by atoms with E-state index >= 15 is 0 Å². The zero-order chi connectivity index (χ0) is 14.0. The molecule has 0 aliphatic rings. The van der Waals surface area contributed by atoms with E-state index in [9.17, 15) is 9.59 Å². The number of unbranched alkanes of at least 4 members (excludes halogenated alkanes) is 1. The Morgan fingerprint density at radius 3 is 2.39 bits per heavy atom. The van der Waals surface area contributed by atoms with E-state index in [1.807, 2.05) is 0 Å². The van der Waals surface area contributed by atoms with E-state index in [4.69, 9.17) is 10.2 Å². The van der Waals surface area contributed by atoms with E-state index in [0.29, 0.717) is 12.5 Å². The van der Waals surface area contributed by atoms with Crippen molar-refractivity contribution in [3.8, 4) is 0 Å². The normalized spacial score (nSPS) is 13.7. The van der Waals surface area contributed by atoms with Crippen molar-refractivity contribution in [2.24, 2.45) is 5.92 Å². The SMILES string of the molecule is CCCCC(CC)CNC(=O)N[C@@H](CO)C(=O)O. The summed E-state index contributed by atoms with van der Waals surface area (Å²) in [5.74, 6) is -0.834. The third-order valence-corrected chi connectivity index (χ3v) is 2.88. The van der Waals surface area contributed by atoms with Gasteiger partial charge in [0.2, 0.25) is 0 Å². The Balaban J connectivity index is 3.96. The molecule has 0 aliphatic heterocycles. The largest absolute Gasteiger partial charge is 0.480 e. The lowest BCUT2D eigenvalue weighted by molar-refractivity contribution is -0.140. The molecule has 2 atom stereocenters. The maximum atomic E-state index is 11.4. The lowest BCUT2D eigenvalue weighted by Crippen LogP contribution is -2.48. The Kier molecular flexibility index (Phi) is 9.00. The van der Waals surface area contributed by atoms with Crippen molar-refractivity contribution in [1.82, 2.24) is 10.6 Å². The topological polar surface area (TPSA) is 98.7 Å². The molecule has 0 bridgehead atoms. The predicted octanol–water partition coefficient (Wildman–Crippen LogP) is 0.948. The van der Waals surface area contributed by atoms with Crippen molar-refractivity contribution in [1.29, 1.82) is 0 Å². The molecule has 0 radical (unpaired) electrons. The summed E-state index contributed by atoms with van der Waals surface area (Å²) in [7, 11) is 0. The summed E-state index contributed by atoms with van der Waals surface area (Å²) in [4.78, 5) is 22.0. The van der Waals surface area contributed by atoms with Crippen LogP contribution in [-0.4, -0.2) is 41.4 Å². The first-order valence-electron chi connectivity index (χ1n) is 6.43. The van der Waals surface area contributed by atoms with Gasteiger partial charge in [0.15, 0.2) is 6.04 Å². The molecule has 0 spiro atoms. The van der Waals surface area contributed by atoms with Gasteiger partial charge in [-0.05, 0) is 12.3 Å². The van der Waals surface area contributed by atoms with Gasteiger partial charge in [0.05, 0.1) is 6.61 Å². The summed E-state index contributed by atoms with van der Waals surface area (Å²) in [6.07, 6.45) is 4.27. The molecule has 0 rings (SSSR count). The standard InChI is InChI=1S/C12H24N2O4/c1-3-5-6-9(4-2)7-13-12(18)14-10(8-15)11(16)17/h9-10,15H,3-8H2,1-2H3,(H,16,17)(H2,13,14,18)/t9?,10-/m0/s1. The van der Waals surface area contributed by atoms with Crippen LogP contribution in [0.1, 0.15) is 39.5 Å². The number of amides is 2. The molecule has 0 aromatic rings. The maximum Gasteiger partial charge on any atom is 0.328 e. The van der Waals surface area contributed by atoms with Crippen LogP contribution in [0.15, 0.2) is 0 Å². The maximum absolute atomic E-state index is 11.4. The van der Waals surface area contributed by atoms with Crippen LogP contribution in [-0.2, 0) is 4.79 Å². The molecule has 0 heterocycles. The fourth-order valence-corrected chi connectivity index (χ4v) is 1.58. The molecule has 2 amide bonds. The zero-order valence-electron chi connectivity index (χ0n) is 11.1. The van der Waals surface area contributed by atoms with E-state index < -0.39 is 24.6 Å². The number of hydrogen-bond donors (Lipinski definition) is 4. The number of rotatable bonds is 9. The molecule has 4 N–H and O–H groups in total. The summed E-state index contributed by atoms with van der Waals surface area (Å²) in [6, 6.07) is -1.80. The first kappa shape index (κ1) is 16.7. The van der Waals surface area contributed by atoms with Gasteiger partial charge >= 0.3 is 12.0 Å². The summed E-state index contributed by atoms with van der Waals surface area (Å²) < 4.78 is 0. The number of aliphatic hydroxyl groups is 1. The second kappa shape index (κ2) is 9.70. The summed E-state index contributed by atoms with van der Waals surface area (Å²) in [5, 5.41) is 22.3. The minimum Gasteiger partial charge on any atom is -0.480 e. The van der Waals surface area contributed by atoms with E-state index in [1.165, 1.54) is 0 Å². The highest BCUT2D eigenvalue weighted by molar-refractivity contribution is 5.82. The molecule has 18 heavy (non-hydrogen) atoms. The van der Waals surface area contributed by atoms with Crippen molar-refractivity contribution in [2.45, 2.75) is 45.6 Å². The van der Waals surface area contributed by atoms with E-state index in [1.54, 1.807) is 0 Å². The number of hydrogen-bond acceptors (Lipinski definition) is 3. The van der Waals surface area contributed by atoms with Crippen LogP contribution < -0.4 is 10.6 Å². The molecule has 0 aromatic heterocycles. The van der Waals surface area contributed by atoms with Gasteiger partial charge in [-0.2, -0.15) is 0 Å². The Hall–Kier alpha value is -1.30. The number of urea groups is 1. The fraction of sp³-hybridized carbons (Fsp3) is 0.833. The minimum absolute atomic E-state index is 0.410. The third kappa shape index (κ3) is 7.11. The molecule has 0 fully saturated rings. The van der Waals surface area contributed by atoms with Crippen LogP contribution in [0.2, 0.25) is 0 Å². The molecule has 6 nitrogen and oxygen atoms in total. The predicted molar refractivity (Wildman–Crippen MR) is 68.4 cm³/mol. The van der Waals surface area contributed by atoms with Crippen LogP contribution in [0.4, 0.5) is 4.79 Å². The smallest absolute Gasteiger partial charge is 0.328 e. The quantitative estimate of drug-likeness (QED) is 0.496. The summed E-state index contributed by atoms with van der Waals surface area (Å²) in [5.41, 5.74) is 0. The highest BCUT2D eigenvalue weighted by Crippen LogP contribution is 2.10. The highest BCUT2D eigenvalue weighted by Gasteiger charge is 2.18. The lowest BCUT2D eigenvalue weighted by Gasteiger charge is -2.17. The summed E-state index contributed by atoms with van der Waals surface area (Å²) >= 11 is 0. The number of carbonyl (C=O) groups excluding carboxylic acids is 1. The van der Waals surface area contributed by atoms with Gasteiger partial charge < -0.3 is 20.8 Å². The summed E-state index contributed by atoms with van der Waals surface area (Å²) in [6.45, 7) is 4.09. The third-order valence-electron chi connectivity index (χ3n) is 2.88. The van der Waals surface area contributed by atoms with Crippen LogP contribution in [0.5, 0.6) is 0 Å². The van der Waals surface area contributed by atoms with Crippen molar-refractivity contribution in [3.05, 3.63) is 0 Å². The first-order valence-corrected chi connectivity index (χ1v) is 6.43.